The van der Waals surface area contributed by atoms with E-state index < -0.39 is 24.7 Å². The molecule has 0 bridgehead atoms. The van der Waals surface area contributed by atoms with E-state index in [4.69, 9.17) is 11.5 Å². The molecule has 0 aliphatic rings. The van der Waals surface area contributed by atoms with Gasteiger partial charge in [0.25, 0.3) is 0 Å². The topological polar surface area (TPSA) is 81.1 Å². The number of carbonyl (C=O) groups excluding carboxylic acids is 1. The Bertz CT molecular complexity index is 159. The van der Waals surface area contributed by atoms with E-state index in [1.54, 1.807) is 0 Å². The van der Waals surface area contributed by atoms with Gasteiger partial charge >= 0.3 is 6.18 Å². The van der Waals surface area contributed by atoms with Crippen LogP contribution >= 0.6 is 0 Å². The Morgan fingerprint density at radius 3 is 2.25 bits per heavy atom. The predicted molar refractivity (Wildman–Crippen MR) is 36.1 cm³/mol. The molecule has 4 nitrogen and oxygen atoms in total. The number of carbonyl (C=O) groups is 1. The van der Waals surface area contributed by atoms with Crippen molar-refractivity contribution in [2.45, 2.75) is 12.2 Å². The SMILES string of the molecule is NCC(NCC(F)(F)F)C(N)=O. The highest BCUT2D eigenvalue weighted by Gasteiger charge is 2.28. The van der Waals surface area contributed by atoms with Crippen molar-refractivity contribution >= 4 is 5.91 Å². The molecule has 0 saturated carbocycles. The number of amides is 1. The molecule has 12 heavy (non-hydrogen) atoms. The second-order valence-electron chi connectivity index (χ2n) is 2.19. The third kappa shape index (κ3) is 4.91. The number of nitrogens with one attached hydrogen (secondary N) is 1. The number of nitrogens with two attached hydrogens (primary N) is 2. The van der Waals surface area contributed by atoms with Gasteiger partial charge in [-0.25, -0.2) is 0 Å². The Morgan fingerprint density at radius 2 is 2.00 bits per heavy atom. The normalized spacial score (nSPS) is 14.3. The minimum absolute atomic E-state index is 0.245. The van der Waals surface area contributed by atoms with Crippen molar-refractivity contribution in [2.24, 2.45) is 11.5 Å². The van der Waals surface area contributed by atoms with Crippen molar-refractivity contribution in [3.05, 3.63) is 0 Å². The van der Waals surface area contributed by atoms with Crippen LogP contribution in [0.3, 0.4) is 0 Å². The molecule has 72 valence electrons. The molecular weight excluding hydrogens is 175 g/mol. The van der Waals surface area contributed by atoms with Crippen LogP contribution < -0.4 is 16.8 Å². The first-order chi connectivity index (χ1) is 5.37. The fraction of sp³-hybridized carbons (Fsp3) is 0.800. The van der Waals surface area contributed by atoms with Gasteiger partial charge in [-0.15, -0.1) is 0 Å². The molecule has 0 aliphatic carbocycles. The predicted octanol–water partition coefficient (Wildman–Crippen LogP) is -1.05. The van der Waals surface area contributed by atoms with Gasteiger partial charge in [-0.1, -0.05) is 0 Å². The van der Waals surface area contributed by atoms with Gasteiger partial charge in [0.2, 0.25) is 5.91 Å². The van der Waals surface area contributed by atoms with Crippen molar-refractivity contribution in [1.82, 2.24) is 5.32 Å². The van der Waals surface area contributed by atoms with Crippen molar-refractivity contribution in [1.29, 1.82) is 0 Å². The molecular formula is C5H10F3N3O. The van der Waals surface area contributed by atoms with Crippen molar-refractivity contribution in [3.63, 3.8) is 0 Å². The Morgan fingerprint density at radius 1 is 1.50 bits per heavy atom. The van der Waals surface area contributed by atoms with Crippen LogP contribution in [-0.2, 0) is 4.79 Å². The van der Waals surface area contributed by atoms with E-state index in [1.165, 1.54) is 0 Å². The van der Waals surface area contributed by atoms with Gasteiger partial charge < -0.3 is 11.5 Å². The highest BCUT2D eigenvalue weighted by atomic mass is 19.4. The molecule has 0 aromatic rings. The van der Waals surface area contributed by atoms with Gasteiger partial charge in [-0.05, 0) is 0 Å². The maximum absolute atomic E-state index is 11.6. The van der Waals surface area contributed by atoms with Crippen LogP contribution in [0.1, 0.15) is 0 Å². The lowest BCUT2D eigenvalue weighted by Crippen LogP contribution is -2.49. The van der Waals surface area contributed by atoms with Crippen LogP contribution in [0.25, 0.3) is 0 Å². The summed E-state index contributed by atoms with van der Waals surface area (Å²) >= 11 is 0. The zero-order valence-corrected chi connectivity index (χ0v) is 6.19. The standard InChI is InChI=1S/C5H10F3N3O/c6-5(7,8)2-11-3(1-9)4(10)12/h3,11H,1-2,9H2,(H2,10,12). The monoisotopic (exact) mass is 185 g/mol. The van der Waals surface area contributed by atoms with Gasteiger partial charge in [0.15, 0.2) is 0 Å². The summed E-state index contributed by atoms with van der Waals surface area (Å²) in [7, 11) is 0. The number of primary amides is 1. The second-order valence-corrected chi connectivity index (χ2v) is 2.19. The first kappa shape index (κ1) is 11.2. The molecule has 5 N–H and O–H groups in total. The third-order valence-corrected chi connectivity index (χ3v) is 1.13. The molecule has 0 aromatic carbocycles. The van der Waals surface area contributed by atoms with E-state index in [2.05, 4.69) is 0 Å². The minimum Gasteiger partial charge on any atom is -0.368 e. The first-order valence-corrected chi connectivity index (χ1v) is 3.16. The molecule has 1 amide bonds. The molecule has 0 rings (SSSR count). The van der Waals surface area contributed by atoms with E-state index in [-0.39, 0.29) is 6.54 Å². The lowest BCUT2D eigenvalue weighted by Gasteiger charge is -2.14. The first-order valence-electron chi connectivity index (χ1n) is 3.16. The van der Waals surface area contributed by atoms with Gasteiger partial charge in [-0.3, -0.25) is 10.1 Å². The van der Waals surface area contributed by atoms with E-state index in [0.717, 1.165) is 0 Å². The number of halogens is 3. The lowest BCUT2D eigenvalue weighted by atomic mass is 10.3. The fourth-order valence-electron chi connectivity index (χ4n) is 0.539. The van der Waals surface area contributed by atoms with Crippen molar-refractivity contribution in [3.8, 4) is 0 Å². The Labute approximate surface area is 67.1 Å². The third-order valence-electron chi connectivity index (χ3n) is 1.13. The summed E-state index contributed by atoms with van der Waals surface area (Å²) in [5.41, 5.74) is 9.70. The molecule has 0 aliphatic heterocycles. The number of hydrogen-bond acceptors (Lipinski definition) is 3. The lowest BCUT2D eigenvalue weighted by molar-refractivity contribution is -0.130. The van der Waals surface area contributed by atoms with Crippen LogP contribution in [0.2, 0.25) is 0 Å². The maximum atomic E-state index is 11.6. The zero-order valence-electron chi connectivity index (χ0n) is 6.19. The average Bonchev–Trinajstić information content (AvgIpc) is 1.85. The van der Waals surface area contributed by atoms with Crippen molar-refractivity contribution in [2.75, 3.05) is 13.1 Å². The largest absolute Gasteiger partial charge is 0.401 e. The maximum Gasteiger partial charge on any atom is 0.401 e. The summed E-state index contributed by atoms with van der Waals surface area (Å²) in [6.07, 6.45) is -4.36. The number of alkyl halides is 3. The summed E-state index contributed by atoms with van der Waals surface area (Å²) in [4.78, 5) is 10.4. The average molecular weight is 185 g/mol. The van der Waals surface area contributed by atoms with E-state index in [9.17, 15) is 18.0 Å². The summed E-state index contributed by atoms with van der Waals surface area (Å²) in [5.74, 6) is -0.887. The van der Waals surface area contributed by atoms with Gasteiger partial charge in [0.05, 0.1) is 12.6 Å². The highest BCUT2D eigenvalue weighted by molar-refractivity contribution is 5.80. The van der Waals surface area contributed by atoms with E-state index in [1.807, 2.05) is 5.32 Å². The van der Waals surface area contributed by atoms with Crippen molar-refractivity contribution < 1.29 is 18.0 Å². The second kappa shape index (κ2) is 4.27. The van der Waals surface area contributed by atoms with E-state index >= 15 is 0 Å². The quantitative estimate of drug-likeness (QED) is 0.522. The highest BCUT2D eigenvalue weighted by Crippen LogP contribution is 2.12. The Kier molecular flexibility index (Phi) is 3.98. The van der Waals surface area contributed by atoms with Gasteiger partial charge in [-0.2, -0.15) is 13.2 Å². The molecule has 7 heteroatoms. The van der Waals surface area contributed by atoms with Crippen LogP contribution in [0.5, 0.6) is 0 Å². The van der Waals surface area contributed by atoms with Gasteiger partial charge in [0, 0.05) is 6.54 Å². The fourth-order valence-corrected chi connectivity index (χ4v) is 0.539. The molecule has 1 unspecified atom stereocenters. The van der Waals surface area contributed by atoms with Crippen LogP contribution in [0, 0.1) is 0 Å². The van der Waals surface area contributed by atoms with Crippen LogP contribution in [0.15, 0.2) is 0 Å². The Balaban J connectivity index is 3.81. The molecule has 0 saturated heterocycles. The summed E-state index contributed by atoms with van der Waals surface area (Å²) in [5, 5.41) is 1.88. The summed E-state index contributed by atoms with van der Waals surface area (Å²) in [6, 6.07) is -1.12. The smallest absolute Gasteiger partial charge is 0.368 e. The molecule has 0 heterocycles. The van der Waals surface area contributed by atoms with Crippen LogP contribution in [0.4, 0.5) is 13.2 Å². The zero-order chi connectivity index (χ0) is 9.78. The molecule has 0 spiro atoms. The van der Waals surface area contributed by atoms with E-state index in [0.29, 0.717) is 0 Å². The molecule has 0 fully saturated rings. The molecule has 0 aromatic heterocycles. The van der Waals surface area contributed by atoms with Crippen LogP contribution in [-0.4, -0.2) is 31.2 Å². The number of rotatable bonds is 4. The molecule has 0 radical (unpaired) electrons. The molecule has 1 atom stereocenters. The minimum atomic E-state index is -4.36. The number of hydrogen-bond donors (Lipinski definition) is 3. The summed E-state index contributed by atoms with van der Waals surface area (Å²) < 4.78 is 34.7. The Hall–Kier alpha value is -0.820. The summed E-state index contributed by atoms with van der Waals surface area (Å²) in [6.45, 7) is -1.51. The van der Waals surface area contributed by atoms with Gasteiger partial charge in [0.1, 0.15) is 0 Å².